The molecule has 1 unspecified atom stereocenters. The molecule has 0 aromatic rings. The maximum absolute atomic E-state index is 10.6. The van der Waals surface area contributed by atoms with Crippen molar-refractivity contribution in [3.8, 4) is 0 Å². The number of hydrogen-bond acceptors (Lipinski definition) is 2. The lowest BCUT2D eigenvalue weighted by Gasteiger charge is -2.59. The molecule has 0 amide bonds. The Balaban J connectivity index is 1.55. The highest BCUT2D eigenvalue weighted by Crippen LogP contribution is 2.67. The van der Waals surface area contributed by atoms with Gasteiger partial charge in [-0.3, -0.25) is 0 Å². The Morgan fingerprint density at radius 1 is 1.06 bits per heavy atom. The van der Waals surface area contributed by atoms with Crippen molar-refractivity contribution >= 4 is 0 Å². The van der Waals surface area contributed by atoms with Crippen LogP contribution in [0.1, 0.15) is 92.9 Å². The molecule has 10 atom stereocenters. The number of allylic oxidation sites excluding steroid dienone is 3. The first-order valence-electron chi connectivity index (χ1n) is 13.8. The summed E-state index contributed by atoms with van der Waals surface area (Å²) in [5.74, 6) is 5.40. The average Bonchev–Trinajstić information content (AvgIpc) is 3.11. The molecule has 0 saturated heterocycles. The summed E-state index contributed by atoms with van der Waals surface area (Å²) >= 11 is 0. The number of fused-ring (bicyclic) bond motifs is 5. The van der Waals surface area contributed by atoms with Gasteiger partial charge in [0.15, 0.2) is 0 Å². The van der Waals surface area contributed by atoms with Gasteiger partial charge in [0.25, 0.3) is 0 Å². The topological polar surface area (TPSA) is 29.5 Å². The second-order valence-corrected chi connectivity index (χ2v) is 12.7. The van der Waals surface area contributed by atoms with Crippen molar-refractivity contribution in [3.63, 3.8) is 0 Å². The van der Waals surface area contributed by atoms with Gasteiger partial charge in [-0.05, 0) is 109 Å². The summed E-state index contributed by atoms with van der Waals surface area (Å²) in [7, 11) is 1.78. The lowest BCUT2D eigenvalue weighted by atomic mass is 9.46. The summed E-state index contributed by atoms with van der Waals surface area (Å²) in [5, 5.41) is 10.6. The van der Waals surface area contributed by atoms with Crippen LogP contribution in [-0.2, 0) is 4.74 Å². The second-order valence-electron chi connectivity index (χ2n) is 12.7. The van der Waals surface area contributed by atoms with Crippen LogP contribution in [0.3, 0.4) is 0 Å². The predicted octanol–water partition coefficient (Wildman–Crippen LogP) is 7.43. The molecule has 4 aliphatic rings. The van der Waals surface area contributed by atoms with Gasteiger partial charge >= 0.3 is 0 Å². The predicted molar refractivity (Wildman–Crippen MR) is 134 cm³/mol. The smallest absolute Gasteiger partial charge is 0.104 e. The van der Waals surface area contributed by atoms with E-state index in [2.05, 4.69) is 59.8 Å². The lowest BCUT2D eigenvalue weighted by molar-refractivity contribution is -0.0865. The van der Waals surface area contributed by atoms with Gasteiger partial charge in [-0.1, -0.05) is 59.8 Å². The van der Waals surface area contributed by atoms with Crippen LogP contribution >= 0.6 is 0 Å². The first-order chi connectivity index (χ1) is 15.2. The van der Waals surface area contributed by atoms with Crippen LogP contribution < -0.4 is 0 Å². The summed E-state index contributed by atoms with van der Waals surface area (Å²) in [5.41, 5.74) is 2.13. The van der Waals surface area contributed by atoms with Gasteiger partial charge in [0.2, 0.25) is 0 Å². The van der Waals surface area contributed by atoms with E-state index in [4.69, 9.17) is 4.74 Å². The van der Waals surface area contributed by atoms with E-state index in [9.17, 15) is 5.11 Å². The number of rotatable bonds is 6. The normalized spacial score (nSPS) is 45.8. The van der Waals surface area contributed by atoms with Crippen LogP contribution in [0.5, 0.6) is 0 Å². The summed E-state index contributed by atoms with van der Waals surface area (Å²) < 4.78 is 5.82. The van der Waals surface area contributed by atoms with Crippen molar-refractivity contribution in [1.82, 2.24) is 0 Å². The zero-order valence-corrected chi connectivity index (χ0v) is 21.9. The maximum atomic E-state index is 10.6. The van der Waals surface area contributed by atoms with Crippen LogP contribution in [0.2, 0.25) is 0 Å². The Morgan fingerprint density at radius 2 is 1.81 bits per heavy atom. The summed E-state index contributed by atoms with van der Waals surface area (Å²) in [6.07, 6.45) is 17.2. The van der Waals surface area contributed by atoms with E-state index in [-0.39, 0.29) is 17.6 Å². The third-order valence-corrected chi connectivity index (χ3v) is 11.1. The van der Waals surface area contributed by atoms with Crippen molar-refractivity contribution in [2.24, 2.45) is 52.3 Å². The third-order valence-electron chi connectivity index (χ3n) is 11.1. The summed E-state index contributed by atoms with van der Waals surface area (Å²) in [4.78, 5) is 0. The van der Waals surface area contributed by atoms with Gasteiger partial charge in [0, 0.05) is 7.11 Å². The molecule has 32 heavy (non-hydrogen) atoms. The number of aliphatic hydroxyl groups excluding tert-OH is 1. The molecular formula is C30H50O2. The minimum absolute atomic E-state index is 0.0861. The van der Waals surface area contributed by atoms with E-state index in [0.717, 1.165) is 48.3 Å². The van der Waals surface area contributed by atoms with E-state index in [1.807, 2.05) is 0 Å². The molecule has 0 heterocycles. The third kappa shape index (κ3) is 3.86. The molecule has 0 aliphatic heterocycles. The number of ether oxygens (including phenoxy) is 1. The number of hydrogen-bond donors (Lipinski definition) is 1. The monoisotopic (exact) mass is 442 g/mol. The maximum Gasteiger partial charge on any atom is 0.104 e. The van der Waals surface area contributed by atoms with E-state index in [1.54, 1.807) is 7.11 Å². The van der Waals surface area contributed by atoms with Gasteiger partial charge in [-0.15, -0.1) is 0 Å². The Bertz CT molecular complexity index is 722. The highest BCUT2D eigenvalue weighted by molar-refractivity contribution is 5.29. The van der Waals surface area contributed by atoms with E-state index in [1.165, 1.54) is 44.1 Å². The molecule has 182 valence electrons. The van der Waals surface area contributed by atoms with Crippen LogP contribution in [0.4, 0.5) is 0 Å². The van der Waals surface area contributed by atoms with Crippen molar-refractivity contribution in [3.05, 3.63) is 23.8 Å². The summed E-state index contributed by atoms with van der Waals surface area (Å²) in [6, 6.07) is 0. The highest BCUT2D eigenvalue weighted by atomic mass is 16.5. The first-order valence-corrected chi connectivity index (χ1v) is 13.8. The Labute approximate surface area is 198 Å². The molecule has 3 fully saturated rings. The van der Waals surface area contributed by atoms with Crippen LogP contribution in [0, 0.1) is 52.3 Å². The molecule has 0 bridgehead atoms. The average molecular weight is 443 g/mol. The quantitative estimate of drug-likeness (QED) is 0.433. The summed E-state index contributed by atoms with van der Waals surface area (Å²) in [6.45, 7) is 14.7. The molecule has 4 rings (SSSR count). The number of aliphatic hydroxyl groups is 1. The Kier molecular flexibility index (Phi) is 7.06. The first kappa shape index (κ1) is 24.5. The van der Waals surface area contributed by atoms with Gasteiger partial charge in [-0.25, -0.2) is 0 Å². The fourth-order valence-corrected chi connectivity index (χ4v) is 9.16. The molecule has 1 N–H and O–H groups in total. The van der Waals surface area contributed by atoms with Gasteiger partial charge < -0.3 is 9.84 Å². The lowest BCUT2D eigenvalue weighted by Crippen LogP contribution is -2.54. The van der Waals surface area contributed by atoms with Crippen molar-refractivity contribution in [2.45, 2.75) is 105 Å². The molecule has 0 aromatic heterocycles. The Morgan fingerprint density at radius 3 is 2.47 bits per heavy atom. The van der Waals surface area contributed by atoms with Crippen molar-refractivity contribution in [2.75, 3.05) is 7.11 Å². The standard InChI is InChI=1S/C30H50O2/c1-8-21(19(2)3)10-9-20(4)23-13-14-24-22-11-12-26-28(32-7)27(31)16-18-30(26,6)25(22)15-17-29(23,24)5/h9-10,12,19-25,27-28,31H,8,11,13-18H2,1-7H3/b10-9+/t20-,21+,22+,23-,24+,25+,27+,28?,29-,30-/m1/s1. The minimum atomic E-state index is -0.328. The second kappa shape index (κ2) is 9.21. The molecule has 0 spiro atoms. The molecule has 2 nitrogen and oxygen atoms in total. The fourth-order valence-electron chi connectivity index (χ4n) is 9.16. The van der Waals surface area contributed by atoms with Crippen LogP contribution in [0.25, 0.3) is 0 Å². The SMILES string of the molecule is CC[C@@H](/C=C/[C@@H](C)[C@H]1CC[C@H]2[C@@H]3CC=C4C(OC)[C@@H](O)CC[C@]4(C)[C@H]3CC[C@]12C)C(C)C. The molecule has 0 radical (unpaired) electrons. The van der Waals surface area contributed by atoms with E-state index < -0.39 is 0 Å². The largest absolute Gasteiger partial charge is 0.390 e. The molecule has 2 heteroatoms. The fraction of sp³-hybridized carbons (Fsp3) is 0.867. The number of methoxy groups -OCH3 is 1. The van der Waals surface area contributed by atoms with Gasteiger partial charge in [0.05, 0.1) is 6.10 Å². The van der Waals surface area contributed by atoms with Gasteiger partial charge in [0.1, 0.15) is 6.10 Å². The van der Waals surface area contributed by atoms with E-state index in [0.29, 0.717) is 11.3 Å². The van der Waals surface area contributed by atoms with Crippen LogP contribution in [0.15, 0.2) is 23.8 Å². The molecular weight excluding hydrogens is 392 g/mol. The molecule has 0 aromatic carbocycles. The zero-order chi connectivity index (χ0) is 23.3. The highest BCUT2D eigenvalue weighted by Gasteiger charge is 2.60. The van der Waals surface area contributed by atoms with Crippen LogP contribution in [-0.4, -0.2) is 24.4 Å². The molecule has 4 aliphatic carbocycles. The van der Waals surface area contributed by atoms with E-state index >= 15 is 0 Å². The molecule has 3 saturated carbocycles. The van der Waals surface area contributed by atoms with Crippen molar-refractivity contribution in [1.29, 1.82) is 0 Å². The van der Waals surface area contributed by atoms with Crippen molar-refractivity contribution < 1.29 is 9.84 Å². The minimum Gasteiger partial charge on any atom is -0.390 e. The van der Waals surface area contributed by atoms with Gasteiger partial charge in [-0.2, -0.15) is 0 Å². The zero-order valence-electron chi connectivity index (χ0n) is 21.9. The Hall–Kier alpha value is -0.600.